The van der Waals surface area contributed by atoms with Gasteiger partial charge in [-0.05, 0) is 50.7 Å². The van der Waals surface area contributed by atoms with Gasteiger partial charge in [0.15, 0.2) is 0 Å². The number of benzene rings is 1. The van der Waals surface area contributed by atoms with Crippen LogP contribution in [-0.4, -0.2) is 22.5 Å². The summed E-state index contributed by atoms with van der Waals surface area (Å²) in [6.07, 6.45) is 8.34. The number of nitrogens with zero attached hydrogens (tertiary/aromatic N) is 1. The first-order valence-corrected chi connectivity index (χ1v) is 8.18. The molecule has 0 heterocycles. The van der Waals surface area contributed by atoms with Crippen molar-refractivity contribution in [2.75, 3.05) is 0 Å². The van der Waals surface area contributed by atoms with Crippen LogP contribution in [0.4, 0.5) is 0 Å². The molecule has 0 spiro atoms. The van der Waals surface area contributed by atoms with E-state index in [1.165, 1.54) is 11.6 Å². The van der Waals surface area contributed by atoms with Crippen molar-refractivity contribution < 1.29 is 10.2 Å². The van der Waals surface area contributed by atoms with Crippen molar-refractivity contribution in [2.24, 2.45) is 10.9 Å². The van der Waals surface area contributed by atoms with Crippen LogP contribution in [0.1, 0.15) is 58.9 Å². The molecule has 0 aliphatic rings. The fraction of sp³-hybridized carbons (Fsp3) is 0.526. The number of hydrogen-bond donors (Lipinski definition) is 2. The molecule has 2 N–H and O–H groups in total. The van der Waals surface area contributed by atoms with Gasteiger partial charge >= 0.3 is 0 Å². The lowest BCUT2D eigenvalue weighted by Crippen LogP contribution is -2.15. The van der Waals surface area contributed by atoms with Gasteiger partial charge in [0.2, 0.25) is 0 Å². The highest BCUT2D eigenvalue weighted by Gasteiger charge is 2.13. The van der Waals surface area contributed by atoms with Gasteiger partial charge in [0, 0.05) is 17.8 Å². The largest absolute Gasteiger partial charge is 0.508 e. The Kier molecular flexibility index (Phi) is 7.72. The molecular weight excluding hydrogens is 274 g/mol. The van der Waals surface area contributed by atoms with Crippen LogP contribution in [-0.2, 0) is 0 Å². The molecule has 0 amide bonds. The van der Waals surface area contributed by atoms with Crippen LogP contribution in [0.3, 0.4) is 0 Å². The highest BCUT2D eigenvalue weighted by molar-refractivity contribution is 5.83. The average molecular weight is 303 g/mol. The van der Waals surface area contributed by atoms with Gasteiger partial charge in [0.25, 0.3) is 0 Å². The molecular formula is C19H29NO2. The fourth-order valence-electron chi connectivity index (χ4n) is 2.40. The third-order valence-electron chi connectivity index (χ3n) is 4.17. The second-order valence-electron chi connectivity index (χ2n) is 5.96. The van der Waals surface area contributed by atoms with E-state index in [-0.39, 0.29) is 17.5 Å². The minimum absolute atomic E-state index is 0.0627. The van der Waals surface area contributed by atoms with E-state index in [0.29, 0.717) is 11.5 Å². The molecule has 0 saturated carbocycles. The Morgan fingerprint density at radius 3 is 2.59 bits per heavy atom. The molecule has 0 aliphatic carbocycles. The highest BCUT2D eigenvalue weighted by atomic mass is 16.3. The number of rotatable bonds is 8. The summed E-state index contributed by atoms with van der Waals surface area (Å²) in [4.78, 5) is 4.63. The molecule has 0 saturated heterocycles. The SMILES string of the molecule is CCC(C)=CCCC(C)C(CC)N=Cc1ccc(O)cc1O. The summed E-state index contributed by atoms with van der Waals surface area (Å²) >= 11 is 0. The van der Waals surface area contributed by atoms with Crippen molar-refractivity contribution in [3.8, 4) is 11.5 Å². The van der Waals surface area contributed by atoms with Crippen molar-refractivity contribution in [1.82, 2.24) is 0 Å². The second-order valence-corrected chi connectivity index (χ2v) is 5.96. The summed E-state index contributed by atoms with van der Waals surface area (Å²) in [6.45, 7) is 8.73. The summed E-state index contributed by atoms with van der Waals surface area (Å²) in [5.41, 5.74) is 2.09. The summed E-state index contributed by atoms with van der Waals surface area (Å²) in [6, 6.07) is 4.83. The predicted molar refractivity (Wildman–Crippen MR) is 93.9 cm³/mol. The molecule has 1 aromatic carbocycles. The molecule has 22 heavy (non-hydrogen) atoms. The third kappa shape index (κ3) is 5.92. The van der Waals surface area contributed by atoms with E-state index in [1.54, 1.807) is 18.3 Å². The maximum Gasteiger partial charge on any atom is 0.128 e. The summed E-state index contributed by atoms with van der Waals surface area (Å²) in [7, 11) is 0. The molecule has 122 valence electrons. The van der Waals surface area contributed by atoms with Crippen LogP contribution < -0.4 is 0 Å². The smallest absolute Gasteiger partial charge is 0.128 e. The Morgan fingerprint density at radius 1 is 1.27 bits per heavy atom. The lowest BCUT2D eigenvalue weighted by Gasteiger charge is -2.18. The molecule has 0 aliphatic heterocycles. The van der Waals surface area contributed by atoms with Crippen molar-refractivity contribution in [2.45, 2.75) is 59.4 Å². The van der Waals surface area contributed by atoms with Crippen LogP contribution in [0, 0.1) is 5.92 Å². The topological polar surface area (TPSA) is 52.8 Å². The standard InChI is InChI=1S/C19H29NO2/c1-5-14(3)8-7-9-15(4)18(6-2)20-13-16-10-11-17(21)12-19(16)22/h8,10-13,15,18,21-22H,5-7,9H2,1-4H3. The summed E-state index contributed by atoms with van der Waals surface area (Å²) in [5.74, 6) is 0.627. The van der Waals surface area contributed by atoms with Gasteiger partial charge in [-0.25, -0.2) is 0 Å². The first kappa shape index (κ1) is 18.3. The molecule has 3 nitrogen and oxygen atoms in total. The molecule has 2 unspecified atom stereocenters. The molecule has 1 aromatic rings. The molecule has 0 aromatic heterocycles. The first-order valence-electron chi connectivity index (χ1n) is 8.18. The van der Waals surface area contributed by atoms with Crippen molar-refractivity contribution in [1.29, 1.82) is 0 Å². The minimum atomic E-state index is 0.0627. The minimum Gasteiger partial charge on any atom is -0.508 e. The number of phenols is 2. The zero-order valence-electron chi connectivity index (χ0n) is 14.2. The Balaban J connectivity index is 2.65. The number of phenolic OH excluding ortho intramolecular Hbond substituents is 2. The van der Waals surface area contributed by atoms with Crippen LogP contribution in [0.25, 0.3) is 0 Å². The fourth-order valence-corrected chi connectivity index (χ4v) is 2.40. The van der Waals surface area contributed by atoms with E-state index in [0.717, 1.165) is 25.7 Å². The maximum atomic E-state index is 9.79. The zero-order chi connectivity index (χ0) is 16.5. The lowest BCUT2D eigenvalue weighted by molar-refractivity contribution is 0.422. The third-order valence-corrected chi connectivity index (χ3v) is 4.17. The van der Waals surface area contributed by atoms with Gasteiger partial charge < -0.3 is 10.2 Å². The maximum absolute atomic E-state index is 9.79. The summed E-state index contributed by atoms with van der Waals surface area (Å²) in [5, 5.41) is 19.1. The molecule has 0 bridgehead atoms. The second kappa shape index (κ2) is 9.29. The van der Waals surface area contributed by atoms with Gasteiger partial charge in [0.1, 0.15) is 11.5 Å². The molecule has 0 fully saturated rings. The van der Waals surface area contributed by atoms with Crippen LogP contribution >= 0.6 is 0 Å². The van der Waals surface area contributed by atoms with Crippen molar-refractivity contribution in [3.63, 3.8) is 0 Å². The van der Waals surface area contributed by atoms with E-state index in [2.05, 4.69) is 38.8 Å². The van der Waals surface area contributed by atoms with E-state index in [4.69, 9.17) is 0 Å². The molecule has 2 atom stereocenters. The van der Waals surface area contributed by atoms with E-state index in [9.17, 15) is 10.2 Å². The molecule has 0 radical (unpaired) electrons. The lowest BCUT2D eigenvalue weighted by atomic mass is 9.94. The van der Waals surface area contributed by atoms with Gasteiger partial charge in [-0.2, -0.15) is 0 Å². The van der Waals surface area contributed by atoms with E-state index < -0.39 is 0 Å². The van der Waals surface area contributed by atoms with Gasteiger partial charge in [-0.1, -0.05) is 32.4 Å². The van der Waals surface area contributed by atoms with E-state index >= 15 is 0 Å². The Bertz CT molecular complexity index is 520. The zero-order valence-corrected chi connectivity index (χ0v) is 14.2. The van der Waals surface area contributed by atoms with Gasteiger partial charge in [-0.3, -0.25) is 4.99 Å². The predicted octanol–water partition coefficient (Wildman–Crippen LogP) is 5.07. The summed E-state index contributed by atoms with van der Waals surface area (Å²) < 4.78 is 0. The number of aromatic hydroxyl groups is 2. The van der Waals surface area contributed by atoms with Gasteiger partial charge in [0.05, 0.1) is 6.04 Å². The van der Waals surface area contributed by atoms with Crippen LogP contribution in [0.15, 0.2) is 34.8 Å². The number of aliphatic imine (C=N–C) groups is 1. The Labute approximate surface area is 134 Å². The first-order chi connectivity index (χ1) is 10.5. The highest BCUT2D eigenvalue weighted by Crippen LogP contribution is 2.22. The van der Waals surface area contributed by atoms with E-state index in [1.807, 2.05) is 0 Å². The number of allylic oxidation sites excluding steroid dienone is 2. The quantitative estimate of drug-likeness (QED) is 0.520. The normalized spacial score (nSPS) is 15.2. The Morgan fingerprint density at radius 2 is 2.00 bits per heavy atom. The van der Waals surface area contributed by atoms with Gasteiger partial charge in [-0.15, -0.1) is 0 Å². The molecule has 3 heteroatoms. The Hall–Kier alpha value is -1.77. The van der Waals surface area contributed by atoms with Crippen molar-refractivity contribution >= 4 is 6.21 Å². The van der Waals surface area contributed by atoms with Crippen LogP contribution in [0.5, 0.6) is 11.5 Å². The molecule has 1 rings (SSSR count). The average Bonchev–Trinajstić information content (AvgIpc) is 2.49. The van der Waals surface area contributed by atoms with Crippen LogP contribution in [0.2, 0.25) is 0 Å². The number of hydrogen-bond acceptors (Lipinski definition) is 3. The van der Waals surface area contributed by atoms with Crippen molar-refractivity contribution in [3.05, 3.63) is 35.4 Å². The monoisotopic (exact) mass is 303 g/mol.